The van der Waals surface area contributed by atoms with E-state index in [1.807, 2.05) is 0 Å². The van der Waals surface area contributed by atoms with Crippen LogP contribution in [-0.4, -0.2) is 16.2 Å². The number of benzene rings is 1. The van der Waals surface area contributed by atoms with Gasteiger partial charge >= 0.3 is 5.97 Å². The predicted molar refractivity (Wildman–Crippen MR) is 144 cm³/mol. The van der Waals surface area contributed by atoms with Crippen molar-refractivity contribution in [1.82, 2.24) is 0 Å². The van der Waals surface area contributed by atoms with E-state index in [1.165, 1.54) is 77.0 Å². The molecule has 33 heavy (non-hydrogen) atoms. The van der Waals surface area contributed by atoms with Gasteiger partial charge in [-0.15, -0.1) is 0 Å². The molecule has 0 atom stereocenters. The highest BCUT2D eigenvalue weighted by atomic mass is 79.9. The second kappa shape index (κ2) is 18.6. The fourth-order valence-electron chi connectivity index (χ4n) is 4.46. The van der Waals surface area contributed by atoms with Gasteiger partial charge in [-0.25, -0.2) is 4.79 Å². The molecule has 0 heterocycles. The molecule has 0 spiro atoms. The lowest BCUT2D eigenvalue weighted by atomic mass is 9.91. The molecule has 0 aliphatic carbocycles. The van der Waals surface area contributed by atoms with Gasteiger partial charge in [-0.2, -0.15) is 0 Å². The van der Waals surface area contributed by atoms with Gasteiger partial charge in [0.25, 0.3) is 0 Å². The minimum atomic E-state index is -0.665. The van der Waals surface area contributed by atoms with Crippen LogP contribution in [0.3, 0.4) is 0 Å². The van der Waals surface area contributed by atoms with Crippen LogP contribution in [0.5, 0.6) is 11.5 Å². The van der Waals surface area contributed by atoms with Crippen molar-refractivity contribution in [2.75, 3.05) is 0 Å². The summed E-state index contributed by atoms with van der Waals surface area (Å²) in [4.78, 5) is 12.5. The van der Waals surface area contributed by atoms with E-state index in [0.29, 0.717) is 10.9 Å². The number of carbonyl (C=O) groups is 1. The maximum Gasteiger partial charge on any atom is 0.353 e. The monoisotopic (exact) mass is 590 g/mol. The molecule has 6 heteroatoms. The summed E-state index contributed by atoms with van der Waals surface area (Å²) in [7, 11) is 0. The summed E-state index contributed by atoms with van der Waals surface area (Å²) in [5.41, 5.74) is 1.81. The fourth-order valence-corrected chi connectivity index (χ4v) is 5.25. The molecule has 190 valence electrons. The molecule has 0 unspecified atom stereocenters. The van der Waals surface area contributed by atoms with E-state index in [0.717, 1.165) is 43.2 Å². The summed E-state index contributed by atoms with van der Waals surface area (Å²) >= 11 is 6.24. The second-order valence-electron chi connectivity index (χ2n) is 9.16. The third kappa shape index (κ3) is 11.0. The topological polar surface area (TPSA) is 66.8 Å². The van der Waals surface area contributed by atoms with Crippen molar-refractivity contribution in [2.24, 2.45) is 0 Å². The first-order chi connectivity index (χ1) is 16.0. The first kappa shape index (κ1) is 30.3. The molecule has 0 bridgehead atoms. The highest BCUT2D eigenvalue weighted by Gasteiger charge is 2.27. The highest BCUT2D eigenvalue weighted by Crippen LogP contribution is 2.43. The summed E-state index contributed by atoms with van der Waals surface area (Å²) in [5, 5.41) is 21.0. The molecule has 0 radical (unpaired) electrons. The predicted octanol–water partition coefficient (Wildman–Crippen LogP) is 9.69. The Morgan fingerprint density at radius 3 is 1.48 bits per heavy atom. The third-order valence-electron chi connectivity index (χ3n) is 6.43. The molecule has 0 aliphatic heterocycles. The first-order valence-electron chi connectivity index (χ1n) is 13.1. The zero-order valence-corrected chi connectivity index (χ0v) is 23.9. The number of carbonyl (C=O) groups excluding carboxylic acids is 1. The third-order valence-corrected chi connectivity index (χ3v) is 7.58. The molecule has 0 saturated heterocycles. The number of rotatable bonds is 19. The van der Waals surface area contributed by atoms with E-state index >= 15 is 0 Å². The summed E-state index contributed by atoms with van der Waals surface area (Å²) in [6, 6.07) is 0. The Hall–Kier alpha value is -0.750. The van der Waals surface area contributed by atoms with E-state index < -0.39 is 11.7 Å². The zero-order valence-electron chi connectivity index (χ0n) is 20.7. The molecule has 0 saturated carbocycles. The lowest BCUT2D eigenvalue weighted by Gasteiger charge is -2.18. The molecule has 1 aromatic carbocycles. The number of phenols is 2. The van der Waals surface area contributed by atoms with Crippen molar-refractivity contribution in [3.05, 3.63) is 21.2 Å². The second-order valence-corrected chi connectivity index (χ2v) is 10.3. The summed E-state index contributed by atoms with van der Waals surface area (Å²) in [6.45, 7) is 4.46. The Labute approximate surface area is 218 Å². The highest BCUT2D eigenvalue weighted by molar-refractivity contribution is 9.10. The Balaban J connectivity index is 2.79. The molecule has 0 aliphatic rings. The van der Waals surface area contributed by atoms with Crippen molar-refractivity contribution in [3.8, 4) is 11.5 Å². The quantitative estimate of drug-likeness (QED) is 0.124. The number of unbranched alkanes of at least 4 members (excludes halogenated alkanes) is 14. The zero-order chi connectivity index (χ0) is 24.5. The molecule has 0 amide bonds. The minimum absolute atomic E-state index is 0.0880. The number of halogens is 2. The fraction of sp³-hybridized carbons (Fsp3) is 0.741. The average Bonchev–Trinajstić information content (AvgIpc) is 2.82. The summed E-state index contributed by atoms with van der Waals surface area (Å²) in [5.74, 6) is -1.35. The molecule has 2 N–H and O–H groups in total. The van der Waals surface area contributed by atoms with Gasteiger partial charge in [0.1, 0.15) is 5.56 Å². The van der Waals surface area contributed by atoms with E-state index in [2.05, 4.69) is 46.0 Å². The van der Waals surface area contributed by atoms with Crippen molar-refractivity contribution in [2.45, 2.75) is 129 Å². The minimum Gasteiger partial charge on any atom is -0.504 e. The van der Waals surface area contributed by atoms with Crippen LogP contribution in [0.15, 0.2) is 4.47 Å². The Kier molecular flexibility index (Phi) is 17.0. The van der Waals surface area contributed by atoms with Crippen molar-refractivity contribution in [1.29, 1.82) is 0 Å². The van der Waals surface area contributed by atoms with Crippen LogP contribution in [0, 0.1) is 0 Å². The largest absolute Gasteiger partial charge is 0.504 e. The average molecular weight is 592 g/mol. The normalized spacial score (nSPS) is 11.2. The summed E-state index contributed by atoms with van der Waals surface area (Å²) in [6.07, 6.45) is 20.8. The molecule has 1 aromatic rings. The molecule has 4 nitrogen and oxygen atoms in total. The van der Waals surface area contributed by atoms with Gasteiger partial charge < -0.3 is 14.0 Å². The molecular formula is C27H44Br2O4. The number of phenolic OH excluding ortho intramolecular Hbond substituents is 2. The molecule has 1 rings (SSSR count). The van der Waals surface area contributed by atoms with Gasteiger partial charge in [0, 0.05) is 0 Å². The van der Waals surface area contributed by atoms with Crippen molar-refractivity contribution in [3.63, 3.8) is 0 Å². The molecular weight excluding hydrogens is 548 g/mol. The van der Waals surface area contributed by atoms with Crippen LogP contribution in [0.1, 0.15) is 138 Å². The Bertz CT molecular complexity index is 691. The van der Waals surface area contributed by atoms with Crippen LogP contribution >= 0.6 is 32.2 Å². The van der Waals surface area contributed by atoms with Crippen LogP contribution in [0.4, 0.5) is 0 Å². The SMILES string of the molecule is CCCCCCCCCCc1c(Br)c(O)c(O)c(C(=O)OBr)c1CCCCCCCCCC. The Morgan fingerprint density at radius 2 is 1.06 bits per heavy atom. The maximum atomic E-state index is 12.5. The van der Waals surface area contributed by atoms with E-state index in [1.54, 1.807) is 0 Å². The van der Waals surface area contributed by atoms with Crippen molar-refractivity contribution >= 4 is 38.2 Å². The van der Waals surface area contributed by atoms with Gasteiger partial charge in [0.15, 0.2) is 27.8 Å². The van der Waals surface area contributed by atoms with Crippen LogP contribution in [0.2, 0.25) is 0 Å². The lowest BCUT2D eigenvalue weighted by Crippen LogP contribution is -2.09. The first-order valence-corrected chi connectivity index (χ1v) is 14.5. The van der Waals surface area contributed by atoms with Crippen LogP contribution in [-0.2, 0) is 16.7 Å². The van der Waals surface area contributed by atoms with Crippen LogP contribution in [0.25, 0.3) is 0 Å². The van der Waals surface area contributed by atoms with Gasteiger partial charge in [-0.05, 0) is 52.7 Å². The van der Waals surface area contributed by atoms with Crippen molar-refractivity contribution < 1.29 is 18.8 Å². The summed E-state index contributed by atoms with van der Waals surface area (Å²) < 4.78 is 5.27. The van der Waals surface area contributed by atoms with E-state index in [9.17, 15) is 15.0 Å². The molecule has 0 aromatic heterocycles. The van der Waals surface area contributed by atoms with E-state index in [-0.39, 0.29) is 11.3 Å². The van der Waals surface area contributed by atoms with Gasteiger partial charge in [0.05, 0.1) is 4.47 Å². The number of hydrogen-bond acceptors (Lipinski definition) is 4. The van der Waals surface area contributed by atoms with Gasteiger partial charge in [0.2, 0.25) is 0 Å². The smallest absolute Gasteiger partial charge is 0.353 e. The Morgan fingerprint density at radius 1 is 0.667 bits per heavy atom. The maximum absolute atomic E-state index is 12.5. The van der Waals surface area contributed by atoms with Gasteiger partial charge in [-0.1, -0.05) is 104 Å². The van der Waals surface area contributed by atoms with E-state index in [4.69, 9.17) is 3.83 Å². The van der Waals surface area contributed by atoms with Crippen LogP contribution < -0.4 is 0 Å². The standard InChI is InChI=1S/C27H44Br2O4/c1-3-5-7-9-11-13-15-17-19-21-22(20-18-16-14-12-10-8-6-4-2)24(28)26(31)25(30)23(21)27(32)33-29/h30-31H,3-20H2,1-2H3. The lowest BCUT2D eigenvalue weighted by molar-refractivity contribution is 0.0776. The number of aromatic hydroxyl groups is 2. The van der Waals surface area contributed by atoms with Gasteiger partial charge in [-0.3, -0.25) is 0 Å². The number of hydrogen-bond donors (Lipinski definition) is 2. The molecule has 0 fully saturated rings.